The van der Waals surface area contributed by atoms with Gasteiger partial charge < -0.3 is 13.8 Å². The van der Waals surface area contributed by atoms with Crippen molar-refractivity contribution in [3.63, 3.8) is 0 Å². The molecule has 0 unspecified atom stereocenters. The summed E-state index contributed by atoms with van der Waals surface area (Å²) >= 11 is -3.42. The Hall–Kier alpha value is -2.17. The summed E-state index contributed by atoms with van der Waals surface area (Å²) in [6, 6.07) is 9.29. The predicted octanol–water partition coefficient (Wildman–Crippen LogP) is 3.03. The highest BCUT2D eigenvalue weighted by molar-refractivity contribution is 8.18. The lowest BCUT2D eigenvalue weighted by Gasteiger charge is -2.34. The molecular formula is C18H19FN2O5S. The summed E-state index contributed by atoms with van der Waals surface area (Å²) in [5, 5.41) is 0. The van der Waals surface area contributed by atoms with Gasteiger partial charge in [-0.15, -0.1) is 0 Å². The molecule has 144 valence electrons. The average Bonchev–Trinajstić information content (AvgIpc) is 2.68. The van der Waals surface area contributed by atoms with E-state index in [9.17, 15) is 18.3 Å². The maximum Gasteiger partial charge on any atom is 0.254 e. The summed E-state index contributed by atoms with van der Waals surface area (Å²) in [6.07, 6.45) is 0. The van der Waals surface area contributed by atoms with Crippen LogP contribution in [0.5, 0.6) is 5.75 Å². The highest BCUT2D eigenvalue weighted by Gasteiger charge is 2.29. The number of hydrogen-bond donors (Lipinski definition) is 3. The van der Waals surface area contributed by atoms with E-state index in [-0.39, 0.29) is 18.2 Å². The van der Waals surface area contributed by atoms with Crippen LogP contribution in [0.15, 0.2) is 36.4 Å². The van der Waals surface area contributed by atoms with Crippen molar-refractivity contribution in [3.8, 4) is 16.9 Å². The first kappa shape index (κ1) is 18.2. The number of fused-ring (bicyclic) bond motifs is 1. The highest BCUT2D eigenvalue weighted by Crippen LogP contribution is 2.47. The first-order chi connectivity index (χ1) is 12.9. The molecule has 2 aliphatic rings. The van der Waals surface area contributed by atoms with Gasteiger partial charge in [0.1, 0.15) is 5.82 Å². The molecule has 0 aromatic heterocycles. The molecule has 2 aliphatic heterocycles. The minimum absolute atomic E-state index is 0.0794. The smallest absolute Gasteiger partial charge is 0.254 e. The Morgan fingerprint density at radius 3 is 2.56 bits per heavy atom. The first-order valence-corrected chi connectivity index (χ1v) is 9.92. The number of morpholine rings is 1. The summed E-state index contributed by atoms with van der Waals surface area (Å²) in [5.41, 5.74) is 2.03. The standard InChI is InChI=1S/C18H19FN2O5S/c19-15-9-14-11-20-27(23,24)26-17(14)16(10-15)12-1-3-13(4-2-12)18(22)21-5-7-25-8-6-21/h1-4,9-10,20,23-24H,5-8,11H2. The van der Waals surface area contributed by atoms with Gasteiger partial charge in [0.2, 0.25) is 11.1 Å². The second-order valence-corrected chi connectivity index (χ2v) is 7.77. The summed E-state index contributed by atoms with van der Waals surface area (Å²) in [7, 11) is 0. The quantitative estimate of drug-likeness (QED) is 0.725. The van der Waals surface area contributed by atoms with Crippen molar-refractivity contribution in [2.75, 3.05) is 26.3 Å². The number of amides is 1. The number of halogens is 1. The molecule has 0 atom stereocenters. The van der Waals surface area contributed by atoms with Crippen LogP contribution in [-0.2, 0) is 11.3 Å². The largest absolute Gasteiger partial charge is 0.391 e. The van der Waals surface area contributed by atoms with Crippen LogP contribution in [0.2, 0.25) is 0 Å². The van der Waals surface area contributed by atoms with Gasteiger partial charge >= 0.3 is 0 Å². The molecule has 1 amide bonds. The maximum absolute atomic E-state index is 14.0. The van der Waals surface area contributed by atoms with Gasteiger partial charge in [-0.2, -0.15) is 0 Å². The molecule has 4 rings (SSSR count). The highest BCUT2D eigenvalue weighted by atomic mass is 32.3. The van der Waals surface area contributed by atoms with E-state index in [0.29, 0.717) is 48.6 Å². The molecule has 2 aromatic carbocycles. The van der Waals surface area contributed by atoms with Crippen LogP contribution in [-0.4, -0.2) is 46.2 Å². The third-order valence-corrected chi connectivity index (χ3v) is 5.44. The second-order valence-electron chi connectivity index (χ2n) is 6.32. The lowest BCUT2D eigenvalue weighted by Crippen LogP contribution is -2.40. The van der Waals surface area contributed by atoms with Crippen molar-refractivity contribution in [3.05, 3.63) is 53.3 Å². The van der Waals surface area contributed by atoms with E-state index in [1.165, 1.54) is 12.1 Å². The Bertz CT molecular complexity index is 869. The number of ether oxygens (including phenoxy) is 1. The number of hydrogen-bond acceptors (Lipinski definition) is 6. The van der Waals surface area contributed by atoms with Crippen molar-refractivity contribution in [2.45, 2.75) is 6.54 Å². The molecule has 0 bridgehead atoms. The molecule has 2 heterocycles. The van der Waals surface area contributed by atoms with Crippen molar-refractivity contribution < 1.29 is 27.2 Å². The van der Waals surface area contributed by atoms with Crippen LogP contribution >= 0.6 is 11.1 Å². The van der Waals surface area contributed by atoms with Crippen LogP contribution in [0.3, 0.4) is 0 Å². The van der Waals surface area contributed by atoms with Gasteiger partial charge in [0.05, 0.1) is 13.2 Å². The SMILES string of the molecule is O=C(c1ccc(-c2cc(F)cc3c2OS(O)(O)NC3)cc1)N1CCOCC1. The molecular weight excluding hydrogens is 375 g/mol. The van der Waals surface area contributed by atoms with Crippen LogP contribution in [0, 0.1) is 5.82 Å². The van der Waals surface area contributed by atoms with E-state index in [1.807, 2.05) is 0 Å². The number of rotatable bonds is 2. The van der Waals surface area contributed by atoms with Crippen LogP contribution in [0.1, 0.15) is 15.9 Å². The Morgan fingerprint density at radius 2 is 1.85 bits per heavy atom. The summed E-state index contributed by atoms with van der Waals surface area (Å²) in [4.78, 5) is 14.3. The van der Waals surface area contributed by atoms with Crippen LogP contribution in [0.4, 0.5) is 4.39 Å². The number of nitrogens with one attached hydrogen (secondary N) is 1. The summed E-state index contributed by atoms with van der Waals surface area (Å²) < 4.78 is 46.5. The van der Waals surface area contributed by atoms with Crippen molar-refractivity contribution >= 4 is 17.0 Å². The molecule has 2 aromatic rings. The van der Waals surface area contributed by atoms with E-state index in [4.69, 9.17) is 8.92 Å². The monoisotopic (exact) mass is 394 g/mol. The van der Waals surface area contributed by atoms with Crippen molar-refractivity contribution in [1.82, 2.24) is 9.62 Å². The van der Waals surface area contributed by atoms with Gasteiger partial charge in [-0.05, 0) is 29.8 Å². The zero-order valence-electron chi connectivity index (χ0n) is 14.4. The molecule has 0 aliphatic carbocycles. The van der Waals surface area contributed by atoms with E-state index in [0.717, 1.165) is 0 Å². The van der Waals surface area contributed by atoms with Gasteiger partial charge in [0.15, 0.2) is 5.75 Å². The van der Waals surface area contributed by atoms with Crippen molar-refractivity contribution in [1.29, 1.82) is 0 Å². The van der Waals surface area contributed by atoms with Gasteiger partial charge in [-0.3, -0.25) is 13.9 Å². The molecule has 9 heteroatoms. The van der Waals surface area contributed by atoms with Gasteiger partial charge in [0.25, 0.3) is 5.91 Å². The lowest BCUT2D eigenvalue weighted by atomic mass is 9.99. The fourth-order valence-corrected chi connectivity index (χ4v) is 3.98. The Morgan fingerprint density at radius 1 is 1.15 bits per heavy atom. The Labute approximate surface area is 157 Å². The minimum atomic E-state index is -3.42. The zero-order chi connectivity index (χ0) is 19.0. The van der Waals surface area contributed by atoms with Gasteiger partial charge in [0, 0.05) is 36.3 Å². The Balaban J connectivity index is 1.64. The molecule has 0 saturated carbocycles. The van der Waals surface area contributed by atoms with Crippen LogP contribution in [0.25, 0.3) is 11.1 Å². The van der Waals surface area contributed by atoms with E-state index < -0.39 is 16.9 Å². The second kappa shape index (κ2) is 7.10. The van der Waals surface area contributed by atoms with E-state index in [1.54, 1.807) is 29.2 Å². The number of benzene rings is 2. The summed E-state index contributed by atoms with van der Waals surface area (Å²) in [6.45, 7) is 2.23. The van der Waals surface area contributed by atoms with Gasteiger partial charge in [-0.1, -0.05) is 12.1 Å². The van der Waals surface area contributed by atoms with Crippen LogP contribution < -0.4 is 8.91 Å². The zero-order valence-corrected chi connectivity index (χ0v) is 15.2. The Kier molecular flexibility index (Phi) is 4.79. The molecule has 3 N–H and O–H groups in total. The van der Waals surface area contributed by atoms with Gasteiger partial charge in [-0.25, -0.2) is 9.11 Å². The van der Waals surface area contributed by atoms with E-state index >= 15 is 0 Å². The number of carbonyl (C=O) groups excluding carboxylic acids is 1. The molecule has 1 saturated heterocycles. The van der Waals surface area contributed by atoms with E-state index in [2.05, 4.69) is 4.72 Å². The topological polar surface area (TPSA) is 91.3 Å². The molecule has 0 spiro atoms. The van der Waals surface area contributed by atoms with Crippen molar-refractivity contribution in [2.24, 2.45) is 0 Å². The molecule has 7 nitrogen and oxygen atoms in total. The lowest BCUT2D eigenvalue weighted by molar-refractivity contribution is 0.0303. The minimum Gasteiger partial charge on any atom is -0.391 e. The molecule has 1 fully saturated rings. The number of carbonyl (C=O) groups is 1. The number of nitrogens with zero attached hydrogens (tertiary/aromatic N) is 1. The normalized spacial score (nSPS) is 19.7. The maximum atomic E-state index is 14.0. The molecule has 27 heavy (non-hydrogen) atoms. The fourth-order valence-electron chi connectivity index (χ4n) is 3.15. The third kappa shape index (κ3) is 3.78. The third-order valence-electron chi connectivity index (χ3n) is 4.52. The summed E-state index contributed by atoms with van der Waals surface area (Å²) in [5.74, 6) is -0.316. The fraction of sp³-hybridized carbons (Fsp3) is 0.278. The molecule has 0 radical (unpaired) electrons. The average molecular weight is 394 g/mol. The predicted molar refractivity (Wildman–Crippen MR) is 98.9 cm³/mol. The first-order valence-electron chi connectivity index (χ1n) is 8.45.